The van der Waals surface area contributed by atoms with Gasteiger partial charge in [0.1, 0.15) is 0 Å². The summed E-state index contributed by atoms with van der Waals surface area (Å²) >= 11 is 6.32. The lowest BCUT2D eigenvalue weighted by Gasteiger charge is -2.06. The molecule has 0 nitrogen and oxygen atoms in total. The molecule has 0 N–H and O–H groups in total. The van der Waals surface area contributed by atoms with E-state index in [-0.39, 0.29) is 0 Å². The SMILES string of the molecule is C=CC/C(Cl)=C(\C=C/Cc1ccccc1CC)CCC. The molecule has 0 aliphatic heterocycles. The molecule has 0 atom stereocenters. The lowest BCUT2D eigenvalue weighted by atomic mass is 10.0. The van der Waals surface area contributed by atoms with Crippen LogP contribution in [0.15, 0.2) is 59.7 Å². The standard InChI is InChI=1S/C19H25Cl/c1-4-10-18(19(20)11-5-2)15-9-14-17-13-8-7-12-16(17)6-3/h5,7-9,12-13,15H,2,4,6,10-11,14H2,1,3H3/b15-9-,19-18+. The van der Waals surface area contributed by atoms with Gasteiger partial charge in [-0.25, -0.2) is 0 Å². The molecule has 1 aromatic rings. The first-order valence-corrected chi connectivity index (χ1v) is 7.82. The Labute approximate surface area is 128 Å². The minimum Gasteiger partial charge on any atom is -0.103 e. The van der Waals surface area contributed by atoms with Crippen molar-refractivity contribution in [3.05, 3.63) is 70.8 Å². The van der Waals surface area contributed by atoms with Gasteiger partial charge in [-0.15, -0.1) is 6.58 Å². The van der Waals surface area contributed by atoms with Gasteiger partial charge in [0.25, 0.3) is 0 Å². The van der Waals surface area contributed by atoms with Gasteiger partial charge in [0.05, 0.1) is 0 Å². The number of hydrogen-bond donors (Lipinski definition) is 0. The summed E-state index contributed by atoms with van der Waals surface area (Å²) in [6, 6.07) is 8.62. The van der Waals surface area contributed by atoms with Crippen LogP contribution in [0, 0.1) is 0 Å². The molecule has 20 heavy (non-hydrogen) atoms. The van der Waals surface area contributed by atoms with E-state index in [1.54, 1.807) is 0 Å². The summed E-state index contributed by atoms with van der Waals surface area (Å²) in [7, 11) is 0. The first-order chi connectivity index (χ1) is 9.72. The Morgan fingerprint density at radius 2 is 1.90 bits per heavy atom. The predicted octanol–water partition coefficient (Wildman–Crippen LogP) is 6.22. The Morgan fingerprint density at radius 1 is 1.20 bits per heavy atom. The molecule has 0 heterocycles. The monoisotopic (exact) mass is 288 g/mol. The summed E-state index contributed by atoms with van der Waals surface area (Å²) in [5, 5.41) is 0.918. The molecule has 1 aromatic carbocycles. The molecule has 0 saturated heterocycles. The Kier molecular flexibility index (Phi) is 8.06. The van der Waals surface area contributed by atoms with Crippen LogP contribution in [0.25, 0.3) is 0 Å². The van der Waals surface area contributed by atoms with Gasteiger partial charge in [-0.1, -0.05) is 74.4 Å². The minimum absolute atomic E-state index is 0.757. The highest BCUT2D eigenvalue weighted by Gasteiger charge is 2.00. The number of hydrogen-bond acceptors (Lipinski definition) is 0. The third-order valence-corrected chi connectivity index (χ3v) is 3.74. The van der Waals surface area contributed by atoms with Gasteiger partial charge in [-0.2, -0.15) is 0 Å². The van der Waals surface area contributed by atoms with E-state index in [1.165, 1.54) is 16.7 Å². The maximum atomic E-state index is 6.32. The molecular weight excluding hydrogens is 264 g/mol. The Bertz CT molecular complexity index is 480. The largest absolute Gasteiger partial charge is 0.103 e. The maximum absolute atomic E-state index is 6.32. The van der Waals surface area contributed by atoms with Crippen molar-refractivity contribution >= 4 is 11.6 Å². The van der Waals surface area contributed by atoms with Gasteiger partial charge >= 0.3 is 0 Å². The van der Waals surface area contributed by atoms with Crippen LogP contribution in [0.3, 0.4) is 0 Å². The maximum Gasteiger partial charge on any atom is 0.0250 e. The molecule has 0 spiro atoms. The molecule has 0 fully saturated rings. The first-order valence-electron chi connectivity index (χ1n) is 7.44. The fourth-order valence-corrected chi connectivity index (χ4v) is 2.53. The zero-order valence-corrected chi connectivity index (χ0v) is 13.4. The third-order valence-electron chi connectivity index (χ3n) is 3.35. The molecule has 0 unspecified atom stereocenters. The van der Waals surface area contributed by atoms with Gasteiger partial charge in [-0.05, 0) is 36.0 Å². The van der Waals surface area contributed by atoms with Crippen LogP contribution < -0.4 is 0 Å². The number of allylic oxidation sites excluding steroid dienone is 5. The normalized spacial score (nSPS) is 12.6. The fraction of sp³-hybridized carbons (Fsp3) is 0.368. The highest BCUT2D eigenvalue weighted by atomic mass is 35.5. The molecule has 108 valence electrons. The Morgan fingerprint density at radius 3 is 2.50 bits per heavy atom. The average molecular weight is 289 g/mol. The van der Waals surface area contributed by atoms with Crippen LogP contribution in [0.5, 0.6) is 0 Å². The summed E-state index contributed by atoms with van der Waals surface area (Å²) in [5.41, 5.74) is 4.07. The van der Waals surface area contributed by atoms with Crippen molar-refractivity contribution in [3.8, 4) is 0 Å². The van der Waals surface area contributed by atoms with Crippen molar-refractivity contribution < 1.29 is 0 Å². The van der Waals surface area contributed by atoms with Crippen molar-refractivity contribution in [2.45, 2.75) is 46.0 Å². The number of halogens is 1. The van der Waals surface area contributed by atoms with Crippen LogP contribution in [0.1, 0.15) is 44.2 Å². The topological polar surface area (TPSA) is 0 Å². The number of aryl methyl sites for hydroxylation is 1. The van der Waals surface area contributed by atoms with E-state index in [4.69, 9.17) is 11.6 Å². The van der Waals surface area contributed by atoms with Crippen LogP contribution in [0.2, 0.25) is 0 Å². The number of rotatable bonds is 8. The fourth-order valence-electron chi connectivity index (χ4n) is 2.27. The molecule has 0 aromatic heterocycles. The van der Waals surface area contributed by atoms with Crippen molar-refractivity contribution in [3.63, 3.8) is 0 Å². The first kappa shape index (κ1) is 16.8. The van der Waals surface area contributed by atoms with Gasteiger partial charge < -0.3 is 0 Å². The van der Waals surface area contributed by atoms with E-state index in [1.807, 2.05) is 6.08 Å². The summed E-state index contributed by atoms with van der Waals surface area (Å²) in [5.74, 6) is 0. The van der Waals surface area contributed by atoms with Gasteiger partial charge in [0, 0.05) is 11.5 Å². The molecule has 0 bridgehead atoms. The second-order valence-electron chi connectivity index (χ2n) is 4.90. The summed E-state index contributed by atoms with van der Waals surface area (Å²) in [4.78, 5) is 0. The highest BCUT2D eigenvalue weighted by molar-refractivity contribution is 6.30. The molecule has 0 saturated carbocycles. The van der Waals surface area contributed by atoms with E-state index in [9.17, 15) is 0 Å². The predicted molar refractivity (Wildman–Crippen MR) is 91.3 cm³/mol. The smallest absolute Gasteiger partial charge is 0.0250 e. The molecular formula is C19H25Cl. The van der Waals surface area contributed by atoms with Crippen LogP contribution >= 0.6 is 11.6 Å². The molecule has 1 rings (SSSR count). The van der Waals surface area contributed by atoms with E-state index in [0.29, 0.717) is 0 Å². The summed E-state index contributed by atoms with van der Waals surface area (Å²) < 4.78 is 0. The molecule has 1 heteroatoms. The summed E-state index contributed by atoms with van der Waals surface area (Å²) in [6.45, 7) is 8.13. The Hall–Kier alpha value is -1.27. The van der Waals surface area contributed by atoms with Crippen molar-refractivity contribution in [2.24, 2.45) is 0 Å². The lowest BCUT2D eigenvalue weighted by molar-refractivity contribution is 0.916. The van der Waals surface area contributed by atoms with Gasteiger partial charge in [0.15, 0.2) is 0 Å². The zero-order valence-electron chi connectivity index (χ0n) is 12.7. The molecule has 0 radical (unpaired) electrons. The molecule has 0 aliphatic carbocycles. The molecule has 0 aliphatic rings. The third kappa shape index (κ3) is 5.38. The van der Waals surface area contributed by atoms with Gasteiger partial charge in [-0.3, -0.25) is 0 Å². The second kappa shape index (κ2) is 9.61. The van der Waals surface area contributed by atoms with E-state index in [2.05, 4.69) is 56.8 Å². The van der Waals surface area contributed by atoms with E-state index < -0.39 is 0 Å². The quantitative estimate of drug-likeness (QED) is 0.394. The van der Waals surface area contributed by atoms with E-state index >= 15 is 0 Å². The van der Waals surface area contributed by atoms with Crippen LogP contribution in [0.4, 0.5) is 0 Å². The van der Waals surface area contributed by atoms with Crippen molar-refractivity contribution in [1.29, 1.82) is 0 Å². The summed E-state index contributed by atoms with van der Waals surface area (Å²) in [6.07, 6.45) is 11.2. The lowest BCUT2D eigenvalue weighted by Crippen LogP contribution is -1.90. The van der Waals surface area contributed by atoms with E-state index in [0.717, 1.165) is 37.1 Å². The second-order valence-corrected chi connectivity index (χ2v) is 5.36. The van der Waals surface area contributed by atoms with Crippen LogP contribution in [-0.2, 0) is 12.8 Å². The number of benzene rings is 1. The minimum atomic E-state index is 0.757. The van der Waals surface area contributed by atoms with Crippen LogP contribution in [-0.4, -0.2) is 0 Å². The Balaban J connectivity index is 2.79. The van der Waals surface area contributed by atoms with Gasteiger partial charge in [0.2, 0.25) is 0 Å². The highest BCUT2D eigenvalue weighted by Crippen LogP contribution is 2.20. The van der Waals surface area contributed by atoms with Crippen molar-refractivity contribution in [2.75, 3.05) is 0 Å². The zero-order chi connectivity index (χ0) is 14.8. The molecule has 0 amide bonds. The average Bonchev–Trinajstić information content (AvgIpc) is 2.47. The van der Waals surface area contributed by atoms with Crippen molar-refractivity contribution in [1.82, 2.24) is 0 Å².